The molecule has 0 aliphatic heterocycles. The fourth-order valence-electron chi connectivity index (χ4n) is 2.01. The summed E-state index contributed by atoms with van der Waals surface area (Å²) in [5.74, 6) is 1.62. The van der Waals surface area contributed by atoms with Gasteiger partial charge in [-0.15, -0.1) is 0 Å². The zero-order chi connectivity index (χ0) is 15.0. The van der Waals surface area contributed by atoms with E-state index in [9.17, 15) is 0 Å². The van der Waals surface area contributed by atoms with Crippen molar-refractivity contribution in [2.45, 2.75) is 65.3 Å². The van der Waals surface area contributed by atoms with Crippen LogP contribution < -0.4 is 10.1 Å². The standard InChI is InChI=1S/C18H31NO/c1-6-15(2)16-9-11-17(12-10-16)20-14-8-7-13-19-18(3,4)5/h9-12,15,19H,6-8,13-14H2,1-5H3. The molecular weight excluding hydrogens is 246 g/mol. The summed E-state index contributed by atoms with van der Waals surface area (Å²) in [5.41, 5.74) is 1.61. The van der Waals surface area contributed by atoms with E-state index in [-0.39, 0.29) is 5.54 Å². The van der Waals surface area contributed by atoms with Crippen molar-refractivity contribution >= 4 is 0 Å². The van der Waals surface area contributed by atoms with Crippen LogP contribution in [-0.2, 0) is 0 Å². The molecule has 0 saturated carbocycles. The normalized spacial score (nSPS) is 13.2. The fourth-order valence-corrected chi connectivity index (χ4v) is 2.01. The first-order valence-electron chi connectivity index (χ1n) is 7.90. The maximum atomic E-state index is 5.78. The van der Waals surface area contributed by atoms with Gasteiger partial charge in [0, 0.05) is 5.54 Å². The third kappa shape index (κ3) is 6.95. The molecule has 1 atom stereocenters. The molecule has 0 spiro atoms. The first-order chi connectivity index (χ1) is 9.42. The van der Waals surface area contributed by atoms with Crippen LogP contribution in [0, 0.1) is 0 Å². The number of rotatable bonds is 8. The Morgan fingerprint density at radius 3 is 2.30 bits per heavy atom. The molecule has 1 N–H and O–H groups in total. The van der Waals surface area contributed by atoms with Gasteiger partial charge in [-0.1, -0.05) is 26.0 Å². The topological polar surface area (TPSA) is 21.3 Å². The molecule has 0 radical (unpaired) electrons. The lowest BCUT2D eigenvalue weighted by Gasteiger charge is -2.20. The van der Waals surface area contributed by atoms with Gasteiger partial charge in [-0.3, -0.25) is 0 Å². The Kier molecular flexibility index (Phi) is 7.08. The van der Waals surface area contributed by atoms with Gasteiger partial charge < -0.3 is 10.1 Å². The zero-order valence-corrected chi connectivity index (χ0v) is 13.8. The van der Waals surface area contributed by atoms with Crippen LogP contribution in [0.5, 0.6) is 5.75 Å². The number of nitrogens with one attached hydrogen (secondary N) is 1. The summed E-state index contributed by atoms with van der Waals surface area (Å²) in [5, 5.41) is 3.49. The molecule has 114 valence electrons. The van der Waals surface area contributed by atoms with Crippen LogP contribution in [0.3, 0.4) is 0 Å². The van der Waals surface area contributed by atoms with E-state index in [1.165, 1.54) is 12.0 Å². The number of hydrogen-bond donors (Lipinski definition) is 1. The first-order valence-corrected chi connectivity index (χ1v) is 7.90. The van der Waals surface area contributed by atoms with Gasteiger partial charge in [-0.2, -0.15) is 0 Å². The monoisotopic (exact) mass is 277 g/mol. The zero-order valence-electron chi connectivity index (χ0n) is 13.8. The third-order valence-electron chi connectivity index (χ3n) is 3.56. The highest BCUT2D eigenvalue weighted by atomic mass is 16.5. The van der Waals surface area contributed by atoms with E-state index in [0.717, 1.165) is 31.7 Å². The average molecular weight is 277 g/mol. The molecular formula is C18H31NO. The van der Waals surface area contributed by atoms with Crippen LogP contribution in [0.4, 0.5) is 0 Å². The van der Waals surface area contributed by atoms with Gasteiger partial charge in [-0.05, 0) is 70.2 Å². The van der Waals surface area contributed by atoms with Crippen molar-refractivity contribution in [1.82, 2.24) is 5.32 Å². The molecule has 0 heterocycles. The third-order valence-corrected chi connectivity index (χ3v) is 3.56. The fraction of sp³-hybridized carbons (Fsp3) is 0.667. The Hall–Kier alpha value is -1.02. The molecule has 0 aromatic heterocycles. The Bertz CT molecular complexity index is 364. The lowest BCUT2D eigenvalue weighted by molar-refractivity contribution is 0.301. The minimum Gasteiger partial charge on any atom is -0.494 e. The molecule has 0 saturated heterocycles. The largest absolute Gasteiger partial charge is 0.494 e. The van der Waals surface area contributed by atoms with E-state index in [2.05, 4.69) is 64.2 Å². The quantitative estimate of drug-likeness (QED) is 0.692. The van der Waals surface area contributed by atoms with Crippen molar-refractivity contribution in [3.05, 3.63) is 29.8 Å². The molecule has 0 fully saturated rings. The molecule has 1 aromatic carbocycles. The van der Waals surface area contributed by atoms with Crippen LogP contribution in [0.1, 0.15) is 65.4 Å². The van der Waals surface area contributed by atoms with Crippen molar-refractivity contribution in [2.75, 3.05) is 13.2 Å². The van der Waals surface area contributed by atoms with Crippen LogP contribution in [0.2, 0.25) is 0 Å². The predicted octanol–water partition coefficient (Wildman–Crippen LogP) is 4.75. The lowest BCUT2D eigenvalue weighted by Crippen LogP contribution is -2.36. The molecule has 0 aliphatic rings. The van der Waals surface area contributed by atoms with Gasteiger partial charge >= 0.3 is 0 Å². The SMILES string of the molecule is CCC(C)c1ccc(OCCCCNC(C)(C)C)cc1. The van der Waals surface area contributed by atoms with E-state index in [1.807, 2.05) is 0 Å². The van der Waals surface area contributed by atoms with Gasteiger partial charge in [0.1, 0.15) is 5.75 Å². The van der Waals surface area contributed by atoms with Gasteiger partial charge in [0.15, 0.2) is 0 Å². The lowest BCUT2D eigenvalue weighted by atomic mass is 9.99. The summed E-state index contributed by atoms with van der Waals surface area (Å²) >= 11 is 0. The average Bonchev–Trinajstić information content (AvgIpc) is 2.41. The Morgan fingerprint density at radius 2 is 1.75 bits per heavy atom. The van der Waals surface area contributed by atoms with Crippen LogP contribution in [0.25, 0.3) is 0 Å². The summed E-state index contributed by atoms with van der Waals surface area (Å²) in [6, 6.07) is 8.55. The van der Waals surface area contributed by atoms with E-state index < -0.39 is 0 Å². The highest BCUT2D eigenvalue weighted by Crippen LogP contribution is 2.21. The summed E-state index contributed by atoms with van der Waals surface area (Å²) in [4.78, 5) is 0. The highest BCUT2D eigenvalue weighted by molar-refractivity contribution is 5.29. The van der Waals surface area contributed by atoms with E-state index in [1.54, 1.807) is 0 Å². The highest BCUT2D eigenvalue weighted by Gasteiger charge is 2.07. The number of ether oxygens (including phenoxy) is 1. The first kappa shape index (κ1) is 17.0. The smallest absolute Gasteiger partial charge is 0.119 e. The van der Waals surface area contributed by atoms with Gasteiger partial charge in [0.25, 0.3) is 0 Å². The number of benzene rings is 1. The second-order valence-electron chi connectivity index (χ2n) is 6.61. The predicted molar refractivity (Wildman–Crippen MR) is 87.6 cm³/mol. The van der Waals surface area contributed by atoms with E-state index in [0.29, 0.717) is 5.92 Å². The van der Waals surface area contributed by atoms with Crippen LogP contribution >= 0.6 is 0 Å². The molecule has 2 nitrogen and oxygen atoms in total. The van der Waals surface area contributed by atoms with Crippen molar-refractivity contribution in [3.63, 3.8) is 0 Å². The summed E-state index contributed by atoms with van der Waals surface area (Å²) in [6.07, 6.45) is 3.43. The minimum absolute atomic E-state index is 0.215. The molecule has 2 heteroatoms. The summed E-state index contributed by atoms with van der Waals surface area (Å²) in [7, 11) is 0. The van der Waals surface area contributed by atoms with Crippen molar-refractivity contribution in [3.8, 4) is 5.75 Å². The molecule has 0 aliphatic carbocycles. The van der Waals surface area contributed by atoms with Crippen LogP contribution in [-0.4, -0.2) is 18.7 Å². The van der Waals surface area contributed by atoms with Crippen LogP contribution in [0.15, 0.2) is 24.3 Å². The summed E-state index contributed by atoms with van der Waals surface area (Å²) in [6.45, 7) is 12.9. The molecule has 0 bridgehead atoms. The van der Waals surface area contributed by atoms with Crippen molar-refractivity contribution < 1.29 is 4.74 Å². The van der Waals surface area contributed by atoms with Gasteiger partial charge in [0.05, 0.1) is 6.61 Å². The Morgan fingerprint density at radius 1 is 1.10 bits per heavy atom. The van der Waals surface area contributed by atoms with Crippen molar-refractivity contribution in [1.29, 1.82) is 0 Å². The Balaban J connectivity index is 2.19. The second-order valence-corrected chi connectivity index (χ2v) is 6.61. The Labute approximate surface area is 124 Å². The maximum absolute atomic E-state index is 5.78. The van der Waals surface area contributed by atoms with Crippen molar-refractivity contribution in [2.24, 2.45) is 0 Å². The second kappa shape index (κ2) is 8.31. The molecule has 1 aromatic rings. The number of unbranched alkanes of at least 4 members (excludes halogenated alkanes) is 1. The molecule has 1 unspecified atom stereocenters. The molecule has 0 amide bonds. The summed E-state index contributed by atoms with van der Waals surface area (Å²) < 4.78 is 5.78. The maximum Gasteiger partial charge on any atom is 0.119 e. The van der Waals surface area contributed by atoms with E-state index in [4.69, 9.17) is 4.74 Å². The molecule has 20 heavy (non-hydrogen) atoms. The number of hydrogen-bond acceptors (Lipinski definition) is 2. The minimum atomic E-state index is 0.215. The van der Waals surface area contributed by atoms with Gasteiger partial charge in [0.2, 0.25) is 0 Å². The molecule has 1 rings (SSSR count). The van der Waals surface area contributed by atoms with E-state index >= 15 is 0 Å². The van der Waals surface area contributed by atoms with Gasteiger partial charge in [-0.25, -0.2) is 0 Å².